The lowest BCUT2D eigenvalue weighted by Gasteiger charge is -2.13. The number of amides is 2. The molecule has 2 amide bonds. The quantitative estimate of drug-likeness (QED) is 0.396. The van der Waals surface area contributed by atoms with E-state index in [-0.39, 0.29) is 39.4 Å². The Kier molecular flexibility index (Phi) is 6.36. The highest BCUT2D eigenvalue weighted by molar-refractivity contribution is 6.32. The van der Waals surface area contributed by atoms with Gasteiger partial charge < -0.3 is 25.6 Å². The number of carbonyl (C=O) groups is 2. The zero-order chi connectivity index (χ0) is 22.7. The summed E-state index contributed by atoms with van der Waals surface area (Å²) < 4.78 is 5.19. The highest BCUT2D eigenvalue weighted by Crippen LogP contribution is 2.41. The van der Waals surface area contributed by atoms with Gasteiger partial charge in [-0.2, -0.15) is 5.10 Å². The van der Waals surface area contributed by atoms with Crippen LogP contribution < -0.4 is 15.4 Å². The van der Waals surface area contributed by atoms with Crippen molar-refractivity contribution < 1.29 is 24.5 Å². The molecule has 0 radical (unpaired) electrons. The molecule has 5 N–H and O–H groups in total. The van der Waals surface area contributed by atoms with Crippen molar-refractivity contribution in [2.45, 2.75) is 13.0 Å². The second-order valence-corrected chi connectivity index (χ2v) is 7.09. The number of likely N-dealkylation sites (N-methyl/N-ethyl adjacent to an activating group) is 1. The third-order valence-electron chi connectivity index (χ3n) is 4.68. The highest BCUT2D eigenvalue weighted by atomic mass is 35.5. The SMILES string of the molecule is CNC(=O)[C@@H](C)NC(=O)c1[nH]nc(-c2cc(Cl)c(O)cc2O)c1-c1ccc(OC)cc1. The van der Waals surface area contributed by atoms with Crippen molar-refractivity contribution in [2.75, 3.05) is 14.2 Å². The molecule has 0 saturated carbocycles. The van der Waals surface area contributed by atoms with E-state index in [2.05, 4.69) is 20.8 Å². The third kappa shape index (κ3) is 4.41. The summed E-state index contributed by atoms with van der Waals surface area (Å²) in [6.07, 6.45) is 0. The van der Waals surface area contributed by atoms with Crippen molar-refractivity contribution in [3.05, 3.63) is 47.1 Å². The van der Waals surface area contributed by atoms with Crippen molar-refractivity contribution in [3.63, 3.8) is 0 Å². The molecule has 0 unspecified atom stereocenters. The van der Waals surface area contributed by atoms with Gasteiger partial charge in [-0.15, -0.1) is 0 Å². The maximum Gasteiger partial charge on any atom is 0.270 e. The van der Waals surface area contributed by atoms with Gasteiger partial charge in [-0.3, -0.25) is 14.7 Å². The van der Waals surface area contributed by atoms with Gasteiger partial charge in [-0.05, 0) is 30.7 Å². The molecule has 0 spiro atoms. The first kappa shape index (κ1) is 22.0. The van der Waals surface area contributed by atoms with Crippen molar-refractivity contribution in [1.82, 2.24) is 20.8 Å². The number of phenolic OH excluding ortho intramolecular Hbond substituents is 2. The topological polar surface area (TPSA) is 137 Å². The van der Waals surface area contributed by atoms with Crippen molar-refractivity contribution in [3.8, 4) is 39.6 Å². The molecule has 3 aromatic rings. The number of ether oxygens (including phenoxy) is 1. The number of aromatic amines is 1. The average molecular weight is 445 g/mol. The summed E-state index contributed by atoms with van der Waals surface area (Å²) in [6.45, 7) is 1.55. The van der Waals surface area contributed by atoms with E-state index in [1.807, 2.05) is 0 Å². The van der Waals surface area contributed by atoms with Crippen LogP contribution in [0.1, 0.15) is 17.4 Å². The first-order valence-electron chi connectivity index (χ1n) is 9.23. The Morgan fingerprint density at radius 3 is 2.45 bits per heavy atom. The minimum Gasteiger partial charge on any atom is -0.507 e. The number of rotatable bonds is 6. The van der Waals surface area contributed by atoms with E-state index in [9.17, 15) is 19.8 Å². The van der Waals surface area contributed by atoms with Gasteiger partial charge in [0.15, 0.2) is 0 Å². The fourth-order valence-corrected chi connectivity index (χ4v) is 3.19. The molecule has 0 aliphatic carbocycles. The number of nitrogens with one attached hydrogen (secondary N) is 3. The number of phenols is 2. The zero-order valence-electron chi connectivity index (χ0n) is 17.0. The number of carbonyl (C=O) groups excluding carboxylic acids is 2. The maximum absolute atomic E-state index is 12.9. The Morgan fingerprint density at radius 1 is 1.16 bits per heavy atom. The number of H-pyrrole nitrogens is 1. The average Bonchev–Trinajstić information content (AvgIpc) is 3.20. The second kappa shape index (κ2) is 8.97. The lowest BCUT2D eigenvalue weighted by Crippen LogP contribution is -2.43. The number of aromatic nitrogens is 2. The van der Waals surface area contributed by atoms with Crippen LogP contribution in [0.5, 0.6) is 17.2 Å². The fourth-order valence-electron chi connectivity index (χ4n) is 3.03. The van der Waals surface area contributed by atoms with Gasteiger partial charge >= 0.3 is 0 Å². The van der Waals surface area contributed by atoms with Crippen LogP contribution in [0.2, 0.25) is 5.02 Å². The van der Waals surface area contributed by atoms with Crippen LogP contribution in [0.15, 0.2) is 36.4 Å². The van der Waals surface area contributed by atoms with E-state index in [0.29, 0.717) is 16.9 Å². The Morgan fingerprint density at radius 2 is 1.84 bits per heavy atom. The van der Waals surface area contributed by atoms with Crippen LogP contribution in [-0.2, 0) is 4.79 Å². The Hall–Kier alpha value is -3.72. The predicted octanol–water partition coefficient (Wildman–Crippen LogP) is 2.68. The highest BCUT2D eigenvalue weighted by Gasteiger charge is 2.26. The summed E-state index contributed by atoms with van der Waals surface area (Å²) in [6, 6.07) is 8.54. The fraction of sp³-hybridized carbons (Fsp3) is 0.190. The normalized spacial score (nSPS) is 11.6. The molecule has 31 heavy (non-hydrogen) atoms. The van der Waals surface area contributed by atoms with Gasteiger partial charge in [0, 0.05) is 24.2 Å². The largest absolute Gasteiger partial charge is 0.507 e. The van der Waals surface area contributed by atoms with Crippen LogP contribution in [-0.4, -0.2) is 52.4 Å². The van der Waals surface area contributed by atoms with Crippen LogP contribution in [0.25, 0.3) is 22.4 Å². The molecule has 2 aromatic carbocycles. The lowest BCUT2D eigenvalue weighted by molar-refractivity contribution is -0.122. The van der Waals surface area contributed by atoms with Crippen molar-refractivity contribution >= 4 is 23.4 Å². The standard InChI is InChI=1S/C21H21ClN4O5/c1-10(20(29)23-2)24-21(30)19-17(11-4-6-12(31-3)7-5-11)18(25-26-19)13-8-14(22)16(28)9-15(13)27/h4-10,27-28H,1-3H3,(H,23,29)(H,24,30)(H,25,26)/t10-/m1/s1. The number of benzene rings is 2. The minimum absolute atomic E-state index is 0.00993. The molecule has 3 rings (SSSR count). The van der Waals surface area contributed by atoms with Gasteiger partial charge in [0.2, 0.25) is 5.91 Å². The van der Waals surface area contributed by atoms with E-state index in [1.165, 1.54) is 20.2 Å². The molecule has 0 fully saturated rings. The summed E-state index contributed by atoms with van der Waals surface area (Å²) in [5.74, 6) is -0.869. The molecule has 0 bridgehead atoms. The molecule has 162 valence electrons. The molecule has 0 aliphatic heterocycles. The van der Waals surface area contributed by atoms with Crippen molar-refractivity contribution in [1.29, 1.82) is 0 Å². The van der Waals surface area contributed by atoms with E-state index >= 15 is 0 Å². The van der Waals surface area contributed by atoms with E-state index in [1.54, 1.807) is 31.2 Å². The summed E-state index contributed by atoms with van der Waals surface area (Å²) in [4.78, 5) is 24.7. The Labute approximate surface area is 183 Å². The van der Waals surface area contributed by atoms with E-state index in [4.69, 9.17) is 16.3 Å². The molecule has 1 aromatic heterocycles. The van der Waals surface area contributed by atoms with Crippen LogP contribution in [0.4, 0.5) is 0 Å². The number of hydrogen-bond donors (Lipinski definition) is 5. The molecule has 1 heterocycles. The van der Waals surface area contributed by atoms with Crippen LogP contribution >= 0.6 is 11.6 Å². The van der Waals surface area contributed by atoms with Gasteiger partial charge in [0.05, 0.1) is 12.1 Å². The molecule has 0 saturated heterocycles. The van der Waals surface area contributed by atoms with Gasteiger partial charge in [-0.1, -0.05) is 23.7 Å². The Balaban J connectivity index is 2.15. The molecular weight excluding hydrogens is 424 g/mol. The molecule has 1 atom stereocenters. The molecule has 9 nitrogen and oxygen atoms in total. The lowest BCUT2D eigenvalue weighted by atomic mass is 9.97. The summed E-state index contributed by atoms with van der Waals surface area (Å²) >= 11 is 6.02. The van der Waals surface area contributed by atoms with Crippen LogP contribution in [0.3, 0.4) is 0 Å². The summed E-state index contributed by atoms with van der Waals surface area (Å²) in [5.41, 5.74) is 1.51. The summed E-state index contributed by atoms with van der Waals surface area (Å²) in [7, 11) is 3.01. The first-order chi connectivity index (χ1) is 14.8. The number of halogens is 1. The molecule has 0 aliphatic rings. The van der Waals surface area contributed by atoms with Gasteiger partial charge in [0.1, 0.15) is 34.7 Å². The zero-order valence-corrected chi connectivity index (χ0v) is 17.7. The number of methoxy groups -OCH3 is 1. The summed E-state index contributed by atoms with van der Waals surface area (Å²) in [5, 5.41) is 32.1. The van der Waals surface area contributed by atoms with E-state index < -0.39 is 11.9 Å². The third-order valence-corrected chi connectivity index (χ3v) is 4.98. The minimum atomic E-state index is -0.788. The van der Waals surface area contributed by atoms with Gasteiger partial charge in [-0.25, -0.2) is 0 Å². The van der Waals surface area contributed by atoms with E-state index in [0.717, 1.165) is 6.07 Å². The first-order valence-corrected chi connectivity index (χ1v) is 9.61. The number of nitrogens with zero attached hydrogens (tertiary/aromatic N) is 1. The molecule has 10 heteroatoms. The predicted molar refractivity (Wildman–Crippen MR) is 115 cm³/mol. The second-order valence-electron chi connectivity index (χ2n) is 6.68. The van der Waals surface area contributed by atoms with Crippen LogP contribution in [0, 0.1) is 0 Å². The number of aromatic hydroxyl groups is 2. The Bertz CT molecular complexity index is 1130. The monoisotopic (exact) mass is 444 g/mol. The maximum atomic E-state index is 12.9. The van der Waals surface area contributed by atoms with Gasteiger partial charge in [0.25, 0.3) is 5.91 Å². The van der Waals surface area contributed by atoms with Crippen molar-refractivity contribution in [2.24, 2.45) is 0 Å². The smallest absolute Gasteiger partial charge is 0.270 e. The molecular formula is C21H21ClN4O5. The number of hydrogen-bond acceptors (Lipinski definition) is 6.